The number of fused-ring (bicyclic) bond motifs is 2. The van der Waals surface area contributed by atoms with Gasteiger partial charge in [0, 0.05) is 31.4 Å². The van der Waals surface area contributed by atoms with Crippen LogP contribution in [0.4, 0.5) is 19.0 Å². The van der Waals surface area contributed by atoms with Crippen molar-refractivity contribution in [3.8, 4) is 5.69 Å². The summed E-state index contributed by atoms with van der Waals surface area (Å²) in [6.07, 6.45) is 1.63. The average Bonchev–Trinajstić information content (AvgIpc) is 3.14. The van der Waals surface area contributed by atoms with Crippen molar-refractivity contribution in [1.29, 1.82) is 0 Å². The van der Waals surface area contributed by atoms with Gasteiger partial charge in [-0.05, 0) is 30.0 Å². The van der Waals surface area contributed by atoms with Crippen LogP contribution in [-0.2, 0) is 10.1 Å². The molecule has 3 heterocycles. The standard InChI is InChI=1S/C20H15F3N4O3.CH4O3S.5H2O/c21-8-1-2-15(13(22)3-8)27-7-12(20(29)30)17(28)9-4-14(23)19(25-18(9)27)26-5-10-11(6-26)16(10)24;1-5(2,3)4;;;;;/h1-4,7,10-11,16H,5-6,24H2,(H,29,30);1H3,(H,2,3,4);5*1H2/t10-,11+,16?;;;;;;. The topological polar surface area (TPSA) is 313 Å². The maximum atomic E-state index is 14.8. The van der Waals surface area contributed by atoms with Crippen molar-refractivity contribution in [2.24, 2.45) is 17.6 Å². The van der Waals surface area contributed by atoms with E-state index in [9.17, 15) is 36.3 Å². The van der Waals surface area contributed by atoms with Crippen molar-refractivity contribution in [3.05, 3.63) is 63.7 Å². The number of benzene rings is 1. The molecule has 1 saturated heterocycles. The monoisotopic (exact) mass is 602 g/mol. The average molecular weight is 603 g/mol. The second-order valence-corrected chi connectivity index (χ2v) is 9.82. The molecule has 1 saturated carbocycles. The van der Waals surface area contributed by atoms with Crippen LogP contribution in [0, 0.1) is 29.3 Å². The lowest BCUT2D eigenvalue weighted by atomic mass is 10.1. The van der Waals surface area contributed by atoms with Crippen LogP contribution < -0.4 is 16.1 Å². The van der Waals surface area contributed by atoms with Crippen molar-refractivity contribution in [2.75, 3.05) is 24.2 Å². The molecule has 19 heteroatoms. The Labute approximate surface area is 223 Å². The molecule has 2 aliphatic rings. The van der Waals surface area contributed by atoms with Gasteiger partial charge >= 0.3 is 5.97 Å². The first kappa shape index (κ1) is 38.5. The Balaban J connectivity index is 0. The predicted molar refractivity (Wildman–Crippen MR) is 137 cm³/mol. The highest BCUT2D eigenvalue weighted by Crippen LogP contribution is 2.45. The summed E-state index contributed by atoms with van der Waals surface area (Å²) in [5.74, 6) is -3.70. The lowest BCUT2D eigenvalue weighted by Crippen LogP contribution is -2.30. The largest absolute Gasteiger partial charge is 0.477 e. The number of rotatable bonds is 3. The van der Waals surface area contributed by atoms with Crippen LogP contribution in [0.15, 0.2) is 35.3 Å². The number of nitrogens with zero attached hydrogens (tertiary/aromatic N) is 3. The van der Waals surface area contributed by atoms with E-state index < -0.39 is 44.5 Å². The van der Waals surface area contributed by atoms with Crippen LogP contribution in [0.2, 0.25) is 0 Å². The van der Waals surface area contributed by atoms with Crippen molar-refractivity contribution < 1.29 is 63.4 Å². The van der Waals surface area contributed by atoms with Gasteiger partial charge < -0.3 is 43.1 Å². The number of aromatic nitrogens is 2. The zero-order chi connectivity index (χ0) is 25.8. The summed E-state index contributed by atoms with van der Waals surface area (Å²) in [5, 5.41) is 9.05. The fourth-order valence-electron chi connectivity index (χ4n) is 4.19. The van der Waals surface area contributed by atoms with Crippen LogP contribution in [0.1, 0.15) is 10.4 Å². The number of carboxylic acid groups (broad SMARTS) is 1. The van der Waals surface area contributed by atoms with E-state index in [-0.39, 0.29) is 67.8 Å². The Morgan fingerprint density at radius 1 is 1.02 bits per heavy atom. The SMILES string of the molecule is CS(=O)(=O)O.NC1[C@H]2CN(c3nc4c(cc3F)c(=O)c(C(=O)O)cn4-c3ccc(F)cc3F)C[C@@H]12.O.O.O.O.O. The smallest absolute Gasteiger partial charge is 0.341 e. The van der Waals surface area contributed by atoms with Crippen LogP contribution in [0.3, 0.4) is 0 Å². The normalized spacial score (nSPS) is 18.2. The quantitative estimate of drug-likeness (QED) is 0.262. The molecule has 15 nitrogen and oxygen atoms in total. The highest BCUT2D eigenvalue weighted by molar-refractivity contribution is 7.85. The van der Waals surface area contributed by atoms with E-state index in [0.717, 1.165) is 29.0 Å². The number of anilines is 1. The first-order valence-corrected chi connectivity index (χ1v) is 12.0. The van der Waals surface area contributed by atoms with Crippen LogP contribution in [-0.4, -0.2) is 86.4 Å². The number of hydrogen-bond acceptors (Lipinski definition) is 7. The molecule has 0 bridgehead atoms. The minimum atomic E-state index is -3.67. The molecule has 14 N–H and O–H groups in total. The van der Waals surface area contributed by atoms with E-state index in [1.807, 2.05) is 0 Å². The number of pyridine rings is 2. The number of piperidine rings is 1. The Kier molecular flexibility index (Phi) is 13.1. The molecule has 1 aliphatic heterocycles. The highest BCUT2D eigenvalue weighted by atomic mass is 32.2. The summed E-state index contributed by atoms with van der Waals surface area (Å²) in [5.41, 5.74) is 3.94. The van der Waals surface area contributed by atoms with Gasteiger partial charge in [0.2, 0.25) is 5.43 Å². The lowest BCUT2D eigenvalue weighted by molar-refractivity contribution is 0.0695. The maximum Gasteiger partial charge on any atom is 0.341 e. The summed E-state index contributed by atoms with van der Waals surface area (Å²) in [6.45, 7) is 1.01. The molecule has 1 aliphatic carbocycles. The molecule has 3 atom stereocenters. The zero-order valence-corrected chi connectivity index (χ0v) is 21.3. The van der Waals surface area contributed by atoms with Gasteiger partial charge in [0.05, 0.1) is 17.3 Å². The Hall–Kier alpha value is -3.69. The molecule has 5 rings (SSSR count). The molecule has 0 spiro atoms. The van der Waals surface area contributed by atoms with Crippen molar-refractivity contribution >= 4 is 32.9 Å². The molecule has 40 heavy (non-hydrogen) atoms. The first-order valence-electron chi connectivity index (χ1n) is 10.1. The molecule has 2 aromatic heterocycles. The lowest BCUT2D eigenvalue weighted by Gasteiger charge is -2.22. The molecule has 226 valence electrons. The molecule has 1 unspecified atom stereocenters. The molecular weight excluding hydrogens is 573 g/mol. The number of carboxylic acids is 1. The summed E-state index contributed by atoms with van der Waals surface area (Å²) in [7, 11) is -3.67. The summed E-state index contributed by atoms with van der Waals surface area (Å²) in [6, 6.07) is 3.69. The minimum Gasteiger partial charge on any atom is -0.477 e. The van der Waals surface area contributed by atoms with E-state index in [4.69, 9.17) is 10.3 Å². The summed E-state index contributed by atoms with van der Waals surface area (Å²) in [4.78, 5) is 30.1. The Morgan fingerprint density at radius 2 is 1.55 bits per heavy atom. The van der Waals surface area contributed by atoms with Gasteiger partial charge in [0.1, 0.15) is 17.2 Å². The maximum absolute atomic E-state index is 14.8. The molecule has 1 aromatic carbocycles. The van der Waals surface area contributed by atoms with Gasteiger partial charge in [-0.25, -0.2) is 22.9 Å². The van der Waals surface area contributed by atoms with E-state index in [1.165, 1.54) is 0 Å². The van der Waals surface area contributed by atoms with Crippen molar-refractivity contribution in [1.82, 2.24) is 9.55 Å². The highest BCUT2D eigenvalue weighted by Gasteiger charge is 2.54. The third kappa shape index (κ3) is 7.49. The zero-order valence-electron chi connectivity index (χ0n) is 20.5. The summed E-state index contributed by atoms with van der Waals surface area (Å²) < 4.78 is 69.6. The fourth-order valence-corrected chi connectivity index (χ4v) is 4.19. The third-order valence-electron chi connectivity index (χ3n) is 5.87. The molecule has 2 fully saturated rings. The second-order valence-electron chi connectivity index (χ2n) is 8.35. The second kappa shape index (κ2) is 13.6. The third-order valence-corrected chi connectivity index (χ3v) is 5.87. The number of carbonyl (C=O) groups is 1. The van der Waals surface area contributed by atoms with Crippen molar-refractivity contribution in [3.63, 3.8) is 0 Å². The van der Waals surface area contributed by atoms with Gasteiger partial charge in [-0.3, -0.25) is 13.9 Å². The number of aromatic carboxylic acids is 1. The van der Waals surface area contributed by atoms with Gasteiger partial charge in [0.15, 0.2) is 17.3 Å². The minimum absolute atomic E-state index is 0. The summed E-state index contributed by atoms with van der Waals surface area (Å²) >= 11 is 0. The fraction of sp³-hybridized carbons (Fsp3) is 0.286. The first-order chi connectivity index (χ1) is 16.3. The van der Waals surface area contributed by atoms with Gasteiger partial charge in [-0.2, -0.15) is 8.42 Å². The van der Waals surface area contributed by atoms with E-state index in [0.29, 0.717) is 25.4 Å². The van der Waals surface area contributed by atoms with Crippen LogP contribution in [0.25, 0.3) is 16.7 Å². The molecule has 0 radical (unpaired) electrons. The number of nitrogens with two attached hydrogens (primary N) is 1. The van der Waals surface area contributed by atoms with Crippen LogP contribution in [0.5, 0.6) is 0 Å². The predicted octanol–water partition coefficient (Wildman–Crippen LogP) is -2.72. The van der Waals surface area contributed by atoms with Crippen LogP contribution >= 0.6 is 0 Å². The van der Waals surface area contributed by atoms with E-state index >= 15 is 0 Å². The Bertz CT molecular complexity index is 1520. The van der Waals surface area contributed by atoms with Gasteiger partial charge in [-0.15, -0.1) is 0 Å². The number of halogens is 3. The van der Waals surface area contributed by atoms with Gasteiger partial charge in [0.25, 0.3) is 10.1 Å². The van der Waals surface area contributed by atoms with E-state index in [1.54, 1.807) is 4.90 Å². The molecule has 0 amide bonds. The molecular formula is C21H29F3N4O11S. The molecule has 3 aromatic rings. The van der Waals surface area contributed by atoms with Gasteiger partial charge in [-0.1, -0.05) is 0 Å². The van der Waals surface area contributed by atoms with Crippen molar-refractivity contribution in [2.45, 2.75) is 6.04 Å². The van der Waals surface area contributed by atoms with E-state index in [2.05, 4.69) is 4.98 Å². The number of hydrogen-bond donors (Lipinski definition) is 3. The Morgan fingerprint density at radius 3 is 2.02 bits per heavy atom.